The van der Waals surface area contributed by atoms with Crippen molar-refractivity contribution in [3.63, 3.8) is 0 Å². The number of rotatable bonds is 8. The van der Waals surface area contributed by atoms with Gasteiger partial charge in [0.2, 0.25) is 0 Å². The summed E-state index contributed by atoms with van der Waals surface area (Å²) < 4.78 is 2.96. The van der Waals surface area contributed by atoms with Gasteiger partial charge >= 0.3 is 11.7 Å². The van der Waals surface area contributed by atoms with E-state index in [1.165, 1.54) is 4.57 Å². The fourth-order valence-electron chi connectivity index (χ4n) is 5.86. The number of imidazole rings is 1. The summed E-state index contributed by atoms with van der Waals surface area (Å²) in [5.41, 5.74) is 0.370. The Morgan fingerprint density at radius 3 is 2.33 bits per heavy atom. The van der Waals surface area contributed by atoms with Crippen molar-refractivity contribution >= 4 is 17.1 Å². The summed E-state index contributed by atoms with van der Waals surface area (Å²) in [6.45, 7) is 4.91. The molecule has 2 saturated carbocycles. The van der Waals surface area contributed by atoms with Crippen molar-refractivity contribution in [2.24, 2.45) is 17.8 Å². The zero-order valence-electron chi connectivity index (χ0n) is 17.9. The minimum Gasteiger partial charge on any atom is -0.481 e. The van der Waals surface area contributed by atoms with Gasteiger partial charge in [-0.15, -0.1) is 0 Å². The van der Waals surface area contributed by atoms with Crippen LogP contribution in [0.1, 0.15) is 77.0 Å². The number of carboxylic acids is 1. The van der Waals surface area contributed by atoms with Gasteiger partial charge in [0, 0.05) is 25.4 Å². The molecule has 164 valence electrons. The van der Waals surface area contributed by atoms with Crippen molar-refractivity contribution in [2.75, 3.05) is 0 Å². The molecule has 2 aromatic rings. The molecule has 0 spiro atoms. The van der Waals surface area contributed by atoms with Crippen LogP contribution in [0, 0.1) is 17.8 Å². The Morgan fingerprint density at radius 2 is 1.73 bits per heavy atom. The Labute approximate surface area is 175 Å². The van der Waals surface area contributed by atoms with Crippen LogP contribution in [0.2, 0.25) is 0 Å². The standard InChI is InChI=1S/C22H32N4O4/c1-3-9-25-20-18(21(29)26(10-4-2)22(25)30)23-19(24-20)15-11-13-5-6-14(12-15)16(13)7-8-17(27)28/h13-16H,3-12H2,1-2H3,(H,23,24)(H,27,28)/t13-,14+,15?,16?. The van der Waals surface area contributed by atoms with Gasteiger partial charge in [-0.05, 0) is 62.7 Å². The Kier molecular flexibility index (Phi) is 5.84. The molecule has 0 radical (unpaired) electrons. The molecule has 8 nitrogen and oxygen atoms in total. The molecule has 2 aliphatic carbocycles. The number of aromatic nitrogens is 4. The third-order valence-corrected chi connectivity index (χ3v) is 7.15. The van der Waals surface area contributed by atoms with Gasteiger partial charge in [-0.2, -0.15) is 0 Å². The number of nitrogens with zero attached hydrogens (tertiary/aromatic N) is 3. The van der Waals surface area contributed by atoms with Crippen LogP contribution in [0.5, 0.6) is 0 Å². The number of hydrogen-bond donors (Lipinski definition) is 2. The smallest absolute Gasteiger partial charge is 0.332 e. The van der Waals surface area contributed by atoms with Gasteiger partial charge in [0.25, 0.3) is 5.56 Å². The van der Waals surface area contributed by atoms with Gasteiger partial charge in [0.05, 0.1) is 0 Å². The second-order valence-electron chi connectivity index (χ2n) is 9.07. The first kappa shape index (κ1) is 20.9. The van der Waals surface area contributed by atoms with E-state index in [2.05, 4.69) is 4.98 Å². The van der Waals surface area contributed by atoms with Crippen LogP contribution in [0.4, 0.5) is 0 Å². The number of H-pyrrole nitrogens is 1. The predicted molar refractivity (Wildman–Crippen MR) is 114 cm³/mol. The van der Waals surface area contributed by atoms with Crippen LogP contribution >= 0.6 is 0 Å². The molecule has 4 atom stereocenters. The van der Waals surface area contributed by atoms with Crippen LogP contribution in [-0.4, -0.2) is 30.2 Å². The molecule has 0 amide bonds. The highest BCUT2D eigenvalue weighted by Gasteiger charge is 2.43. The summed E-state index contributed by atoms with van der Waals surface area (Å²) >= 11 is 0. The fourth-order valence-corrected chi connectivity index (χ4v) is 5.86. The van der Waals surface area contributed by atoms with Gasteiger partial charge in [-0.3, -0.25) is 18.7 Å². The quantitative estimate of drug-likeness (QED) is 0.687. The van der Waals surface area contributed by atoms with Crippen LogP contribution < -0.4 is 11.2 Å². The Bertz CT molecular complexity index is 1040. The molecule has 0 saturated heterocycles. The average molecular weight is 417 g/mol. The predicted octanol–water partition coefficient (Wildman–Crippen LogP) is 3.09. The first-order valence-corrected chi connectivity index (χ1v) is 11.4. The van der Waals surface area contributed by atoms with Gasteiger partial charge in [0.1, 0.15) is 11.3 Å². The summed E-state index contributed by atoms with van der Waals surface area (Å²) in [5.74, 6) is 1.87. The van der Waals surface area contributed by atoms with E-state index in [9.17, 15) is 14.4 Å². The van der Waals surface area contributed by atoms with E-state index >= 15 is 0 Å². The Balaban J connectivity index is 1.67. The largest absolute Gasteiger partial charge is 0.481 e. The number of hydrogen-bond acceptors (Lipinski definition) is 4. The molecule has 2 fully saturated rings. The number of fused-ring (bicyclic) bond motifs is 3. The van der Waals surface area contributed by atoms with E-state index in [0.717, 1.165) is 50.8 Å². The third kappa shape index (κ3) is 3.61. The molecule has 4 rings (SSSR count). The lowest BCUT2D eigenvalue weighted by Gasteiger charge is -2.34. The third-order valence-electron chi connectivity index (χ3n) is 7.15. The summed E-state index contributed by atoms with van der Waals surface area (Å²) in [7, 11) is 0. The van der Waals surface area contributed by atoms with E-state index in [4.69, 9.17) is 10.1 Å². The maximum Gasteiger partial charge on any atom is 0.332 e. The summed E-state index contributed by atoms with van der Waals surface area (Å²) in [5, 5.41) is 9.05. The lowest BCUT2D eigenvalue weighted by atomic mass is 9.71. The molecule has 30 heavy (non-hydrogen) atoms. The van der Waals surface area contributed by atoms with Crippen LogP contribution in [-0.2, 0) is 17.9 Å². The number of carbonyl (C=O) groups is 1. The molecular weight excluding hydrogens is 384 g/mol. The molecule has 2 unspecified atom stereocenters. The molecular formula is C22H32N4O4. The summed E-state index contributed by atoms with van der Waals surface area (Å²) in [4.78, 5) is 44.9. The maximum atomic E-state index is 13.0. The van der Waals surface area contributed by atoms with Crippen LogP contribution in [0.25, 0.3) is 11.2 Å². The van der Waals surface area contributed by atoms with E-state index in [1.807, 2.05) is 13.8 Å². The molecule has 2 aromatic heterocycles. The molecule has 2 N–H and O–H groups in total. The van der Waals surface area contributed by atoms with Crippen molar-refractivity contribution < 1.29 is 9.90 Å². The lowest BCUT2D eigenvalue weighted by molar-refractivity contribution is -0.137. The molecule has 2 bridgehead atoms. The van der Waals surface area contributed by atoms with E-state index in [-0.39, 0.29) is 23.6 Å². The van der Waals surface area contributed by atoms with Crippen molar-refractivity contribution in [3.05, 3.63) is 26.7 Å². The van der Waals surface area contributed by atoms with E-state index in [0.29, 0.717) is 42.0 Å². The van der Waals surface area contributed by atoms with Crippen molar-refractivity contribution in [2.45, 2.75) is 84.2 Å². The average Bonchev–Trinajstić information content (AvgIpc) is 3.25. The Morgan fingerprint density at radius 1 is 1.10 bits per heavy atom. The number of aromatic amines is 1. The molecule has 0 aromatic carbocycles. The molecule has 0 aliphatic heterocycles. The minimum atomic E-state index is -0.717. The minimum absolute atomic E-state index is 0.236. The van der Waals surface area contributed by atoms with Crippen LogP contribution in [0.15, 0.2) is 9.59 Å². The second kappa shape index (κ2) is 8.40. The molecule has 2 heterocycles. The monoisotopic (exact) mass is 416 g/mol. The molecule has 2 aliphatic rings. The van der Waals surface area contributed by atoms with Crippen molar-refractivity contribution in [1.82, 2.24) is 19.1 Å². The molecule has 8 heteroatoms. The highest BCUT2D eigenvalue weighted by molar-refractivity contribution is 5.70. The lowest BCUT2D eigenvalue weighted by Crippen LogP contribution is -2.40. The number of aliphatic carboxylic acids is 1. The van der Waals surface area contributed by atoms with E-state index in [1.54, 1.807) is 4.57 Å². The van der Waals surface area contributed by atoms with Crippen molar-refractivity contribution in [1.29, 1.82) is 0 Å². The van der Waals surface area contributed by atoms with Crippen molar-refractivity contribution in [3.8, 4) is 0 Å². The summed E-state index contributed by atoms with van der Waals surface area (Å²) in [6.07, 6.45) is 6.76. The maximum absolute atomic E-state index is 13.0. The highest BCUT2D eigenvalue weighted by atomic mass is 16.4. The number of carboxylic acid groups (broad SMARTS) is 1. The first-order chi connectivity index (χ1) is 14.4. The fraction of sp³-hybridized carbons (Fsp3) is 0.727. The SMILES string of the molecule is CCCn1c(=O)c2[nH]c(C3C[C@H]4CC[C@@H](C3)C4CCC(=O)O)nc2n(CCC)c1=O. The zero-order valence-corrected chi connectivity index (χ0v) is 17.9. The van der Waals surface area contributed by atoms with E-state index < -0.39 is 5.97 Å². The van der Waals surface area contributed by atoms with Gasteiger partial charge in [-0.25, -0.2) is 9.78 Å². The topological polar surface area (TPSA) is 110 Å². The Hall–Kier alpha value is -2.38. The second-order valence-corrected chi connectivity index (χ2v) is 9.07. The highest BCUT2D eigenvalue weighted by Crippen LogP contribution is 2.53. The van der Waals surface area contributed by atoms with Crippen LogP contribution in [0.3, 0.4) is 0 Å². The normalized spacial score (nSPS) is 25.8. The van der Waals surface area contributed by atoms with Gasteiger partial charge < -0.3 is 10.1 Å². The summed E-state index contributed by atoms with van der Waals surface area (Å²) in [6, 6.07) is 0. The number of nitrogens with one attached hydrogen (secondary N) is 1. The first-order valence-electron chi connectivity index (χ1n) is 11.4. The van der Waals surface area contributed by atoms with Gasteiger partial charge in [-0.1, -0.05) is 13.8 Å². The number of aryl methyl sites for hydroxylation is 1. The van der Waals surface area contributed by atoms with Gasteiger partial charge in [0.15, 0.2) is 5.65 Å². The zero-order chi connectivity index (χ0) is 21.4.